The molecular formula is C23H29N5O. The number of piperidine rings is 1. The Bertz CT molecular complexity index is 944. The summed E-state index contributed by atoms with van der Waals surface area (Å²) in [6, 6.07) is 12.5. The first-order valence-corrected chi connectivity index (χ1v) is 10.4. The Morgan fingerprint density at radius 2 is 1.83 bits per heavy atom. The van der Waals surface area contributed by atoms with Crippen molar-refractivity contribution in [2.45, 2.75) is 40.3 Å². The maximum atomic E-state index is 5.34. The molecule has 4 rings (SSSR count). The Labute approximate surface area is 172 Å². The Morgan fingerprint density at radius 3 is 2.55 bits per heavy atom. The van der Waals surface area contributed by atoms with Gasteiger partial charge in [0, 0.05) is 32.4 Å². The first-order chi connectivity index (χ1) is 14.1. The van der Waals surface area contributed by atoms with E-state index in [4.69, 9.17) is 4.52 Å². The number of hydrogen-bond acceptors (Lipinski definition) is 6. The highest BCUT2D eigenvalue weighted by Gasteiger charge is 2.22. The van der Waals surface area contributed by atoms with Crippen molar-refractivity contribution in [2.75, 3.05) is 18.4 Å². The summed E-state index contributed by atoms with van der Waals surface area (Å²) in [4.78, 5) is 11.4. The number of aromatic nitrogens is 3. The zero-order chi connectivity index (χ0) is 20.2. The van der Waals surface area contributed by atoms with Crippen molar-refractivity contribution in [3.63, 3.8) is 0 Å². The van der Waals surface area contributed by atoms with Gasteiger partial charge in [-0.15, -0.1) is 0 Å². The van der Waals surface area contributed by atoms with E-state index < -0.39 is 0 Å². The number of nitrogens with one attached hydrogen (secondary N) is 1. The van der Waals surface area contributed by atoms with Gasteiger partial charge in [-0.25, -0.2) is 4.98 Å². The molecule has 6 nitrogen and oxygen atoms in total. The van der Waals surface area contributed by atoms with Crippen molar-refractivity contribution >= 4 is 5.82 Å². The van der Waals surface area contributed by atoms with Crippen LogP contribution in [0.5, 0.6) is 0 Å². The van der Waals surface area contributed by atoms with Gasteiger partial charge in [0.05, 0.1) is 5.56 Å². The van der Waals surface area contributed by atoms with Gasteiger partial charge in [0.25, 0.3) is 5.89 Å². The summed E-state index contributed by atoms with van der Waals surface area (Å²) in [6.45, 7) is 10.6. The maximum absolute atomic E-state index is 5.34. The molecule has 29 heavy (non-hydrogen) atoms. The van der Waals surface area contributed by atoms with Gasteiger partial charge in [0.15, 0.2) is 5.82 Å². The predicted octanol–water partition coefficient (Wildman–Crippen LogP) is 4.53. The van der Waals surface area contributed by atoms with Crippen LogP contribution < -0.4 is 5.32 Å². The van der Waals surface area contributed by atoms with Gasteiger partial charge in [-0.1, -0.05) is 43.3 Å². The number of pyridine rings is 1. The van der Waals surface area contributed by atoms with Gasteiger partial charge < -0.3 is 9.84 Å². The second-order valence-corrected chi connectivity index (χ2v) is 8.31. The van der Waals surface area contributed by atoms with E-state index in [0.29, 0.717) is 18.3 Å². The van der Waals surface area contributed by atoms with Crippen LogP contribution in [0.15, 0.2) is 47.1 Å². The molecular weight excluding hydrogens is 362 g/mol. The number of aryl methyl sites for hydroxylation is 1. The van der Waals surface area contributed by atoms with Crippen LogP contribution in [0, 0.1) is 18.8 Å². The fourth-order valence-corrected chi connectivity index (χ4v) is 4.35. The minimum Gasteiger partial charge on any atom is -0.365 e. The van der Waals surface area contributed by atoms with Gasteiger partial charge in [-0.2, -0.15) is 4.98 Å². The number of hydrogen-bond donors (Lipinski definition) is 1. The van der Waals surface area contributed by atoms with Crippen LogP contribution in [0.3, 0.4) is 0 Å². The van der Waals surface area contributed by atoms with E-state index >= 15 is 0 Å². The molecule has 0 aliphatic carbocycles. The molecule has 0 spiro atoms. The van der Waals surface area contributed by atoms with Gasteiger partial charge in [-0.05, 0) is 48.4 Å². The summed E-state index contributed by atoms with van der Waals surface area (Å²) in [5.74, 6) is 3.38. The molecule has 1 N–H and O–H groups in total. The molecule has 1 saturated heterocycles. The second kappa shape index (κ2) is 8.74. The third-order valence-electron chi connectivity index (χ3n) is 5.47. The molecule has 1 aliphatic heterocycles. The lowest BCUT2D eigenvalue weighted by Gasteiger charge is -2.35. The highest BCUT2D eigenvalue weighted by atomic mass is 16.5. The first-order valence-electron chi connectivity index (χ1n) is 10.4. The van der Waals surface area contributed by atoms with Gasteiger partial charge >= 0.3 is 0 Å². The SMILES string of the molecule is Cc1noc(-c2cccnc2NCc2ccccc2CN2CC(C)CC(C)C2)n1. The minimum atomic E-state index is 0.489. The molecule has 152 valence electrons. The lowest BCUT2D eigenvalue weighted by Crippen LogP contribution is -2.38. The molecule has 3 heterocycles. The molecule has 2 unspecified atom stereocenters. The van der Waals surface area contributed by atoms with Crippen LogP contribution in [0.1, 0.15) is 37.2 Å². The van der Waals surface area contributed by atoms with Gasteiger partial charge in [0.1, 0.15) is 5.82 Å². The number of nitrogens with zero attached hydrogens (tertiary/aromatic N) is 4. The topological polar surface area (TPSA) is 67.1 Å². The molecule has 0 amide bonds. The van der Waals surface area contributed by atoms with Crippen LogP contribution >= 0.6 is 0 Å². The van der Waals surface area contributed by atoms with Gasteiger partial charge in [-0.3, -0.25) is 4.90 Å². The average molecular weight is 392 g/mol. The summed E-state index contributed by atoms with van der Waals surface area (Å²) in [7, 11) is 0. The zero-order valence-electron chi connectivity index (χ0n) is 17.4. The summed E-state index contributed by atoms with van der Waals surface area (Å²) >= 11 is 0. The van der Waals surface area contributed by atoms with Crippen molar-refractivity contribution < 1.29 is 4.52 Å². The Morgan fingerprint density at radius 1 is 1.07 bits per heavy atom. The molecule has 2 atom stereocenters. The van der Waals surface area contributed by atoms with E-state index in [2.05, 4.69) is 63.5 Å². The normalized spacial score (nSPS) is 20.0. The first kappa shape index (κ1) is 19.6. The van der Waals surface area contributed by atoms with Crippen molar-refractivity contribution in [1.29, 1.82) is 0 Å². The summed E-state index contributed by atoms with van der Waals surface area (Å²) in [5, 5.41) is 7.37. The molecule has 0 bridgehead atoms. The van der Waals surface area contributed by atoms with E-state index in [-0.39, 0.29) is 0 Å². The Hall–Kier alpha value is -2.73. The zero-order valence-corrected chi connectivity index (χ0v) is 17.4. The van der Waals surface area contributed by atoms with Crippen LogP contribution in [-0.4, -0.2) is 33.1 Å². The summed E-state index contributed by atoms with van der Waals surface area (Å²) in [6.07, 6.45) is 3.11. The highest BCUT2D eigenvalue weighted by Crippen LogP contribution is 2.26. The maximum Gasteiger partial charge on any atom is 0.261 e. The third-order valence-corrected chi connectivity index (χ3v) is 5.47. The lowest BCUT2D eigenvalue weighted by atomic mass is 9.91. The molecule has 0 saturated carbocycles. The van der Waals surface area contributed by atoms with Crippen LogP contribution in [0.25, 0.3) is 11.5 Å². The van der Waals surface area contributed by atoms with E-state index in [1.165, 1.54) is 30.6 Å². The quantitative estimate of drug-likeness (QED) is 0.666. The van der Waals surface area contributed by atoms with E-state index in [1.54, 1.807) is 6.20 Å². The van der Waals surface area contributed by atoms with Crippen molar-refractivity contribution in [1.82, 2.24) is 20.0 Å². The Balaban J connectivity index is 1.49. The third kappa shape index (κ3) is 4.82. The van der Waals surface area contributed by atoms with Crippen molar-refractivity contribution in [3.05, 3.63) is 59.5 Å². The molecule has 6 heteroatoms. The van der Waals surface area contributed by atoms with Gasteiger partial charge in [0.2, 0.25) is 0 Å². The largest absolute Gasteiger partial charge is 0.365 e. The molecule has 1 aliphatic rings. The fourth-order valence-electron chi connectivity index (χ4n) is 4.35. The van der Waals surface area contributed by atoms with E-state index in [9.17, 15) is 0 Å². The number of likely N-dealkylation sites (tertiary alicyclic amines) is 1. The predicted molar refractivity (Wildman–Crippen MR) is 114 cm³/mol. The Kier molecular flexibility index (Phi) is 5.90. The second-order valence-electron chi connectivity index (χ2n) is 8.31. The van der Waals surface area contributed by atoms with Crippen molar-refractivity contribution in [3.8, 4) is 11.5 Å². The van der Waals surface area contributed by atoms with Crippen LogP contribution in [-0.2, 0) is 13.1 Å². The number of anilines is 1. The number of rotatable bonds is 6. The lowest BCUT2D eigenvalue weighted by molar-refractivity contribution is 0.134. The molecule has 2 aromatic heterocycles. The fraction of sp³-hybridized carbons (Fsp3) is 0.435. The molecule has 3 aromatic rings. The minimum absolute atomic E-state index is 0.489. The monoisotopic (exact) mass is 391 g/mol. The van der Waals surface area contributed by atoms with Crippen LogP contribution in [0.4, 0.5) is 5.82 Å². The average Bonchev–Trinajstić information content (AvgIpc) is 3.13. The summed E-state index contributed by atoms with van der Waals surface area (Å²) in [5.41, 5.74) is 3.48. The molecule has 1 aromatic carbocycles. The summed E-state index contributed by atoms with van der Waals surface area (Å²) < 4.78 is 5.34. The smallest absolute Gasteiger partial charge is 0.261 e. The van der Waals surface area contributed by atoms with E-state index in [1.807, 2.05) is 19.1 Å². The molecule has 0 radical (unpaired) electrons. The standard InChI is InChI=1S/C23H29N5O/c1-16-11-17(2)14-28(13-16)15-20-8-5-4-7-19(20)12-25-22-21(9-6-10-24-22)23-26-18(3)27-29-23/h4-10,16-17H,11-15H2,1-3H3,(H,24,25). The van der Waals surface area contributed by atoms with Crippen molar-refractivity contribution in [2.24, 2.45) is 11.8 Å². The highest BCUT2D eigenvalue weighted by molar-refractivity contribution is 5.68. The number of benzene rings is 1. The van der Waals surface area contributed by atoms with Crippen LogP contribution in [0.2, 0.25) is 0 Å². The van der Waals surface area contributed by atoms with E-state index in [0.717, 1.165) is 29.8 Å². The molecule has 1 fully saturated rings.